The maximum absolute atomic E-state index is 13.0. The van der Waals surface area contributed by atoms with Crippen molar-refractivity contribution < 1.29 is 32.9 Å². The molecule has 8 nitrogen and oxygen atoms in total. The molecule has 468 valence electrons. The van der Waals surface area contributed by atoms with Crippen molar-refractivity contribution in [2.45, 2.75) is 302 Å². The Kier molecular flexibility index (Phi) is 59.5. The van der Waals surface area contributed by atoms with Crippen LogP contribution < -0.4 is 10.2 Å². The SMILES string of the molecule is CC/C=C\C/C=C\C/C=C\C/C=C\C/C=C\C/C=C\C/C=C\C/C=C\C/C=C\CCCC(=O)NC(COP(=O)([O-])OCC[N+](C)(C)C)C(O)CCCCCCCCCCCCCCCCCCCCCCCCCCCCCCCC. The molecular weight excluding hydrogens is 1020 g/mol. The number of allylic oxidation sites excluding steroid dienone is 18. The van der Waals surface area contributed by atoms with E-state index in [9.17, 15) is 19.4 Å². The zero-order valence-electron chi connectivity index (χ0n) is 53.5. The molecule has 3 unspecified atom stereocenters. The fraction of sp³-hybridized carbons (Fsp3) is 0.736. The number of unbranched alkanes of at least 4 members (excludes halogenated alkanes) is 30. The van der Waals surface area contributed by atoms with Crippen LogP contribution in [0, 0.1) is 0 Å². The summed E-state index contributed by atoms with van der Waals surface area (Å²) < 4.78 is 23.5. The van der Waals surface area contributed by atoms with Gasteiger partial charge in [-0.25, -0.2) is 0 Å². The van der Waals surface area contributed by atoms with Gasteiger partial charge in [-0.3, -0.25) is 9.36 Å². The minimum absolute atomic E-state index is 0.00435. The number of carbonyl (C=O) groups is 1. The molecule has 0 aliphatic heterocycles. The molecule has 0 rings (SSSR count). The summed E-state index contributed by atoms with van der Waals surface area (Å²) in [6.07, 6.45) is 90.2. The average molecular weight is 1150 g/mol. The van der Waals surface area contributed by atoms with Crippen molar-refractivity contribution in [1.29, 1.82) is 0 Å². The number of nitrogens with zero attached hydrogens (tertiary/aromatic N) is 1. The number of amides is 1. The molecule has 3 atom stereocenters. The average Bonchev–Trinajstić information content (AvgIpc) is 3.43. The first-order valence-electron chi connectivity index (χ1n) is 33.7. The van der Waals surface area contributed by atoms with Crippen molar-refractivity contribution in [2.24, 2.45) is 0 Å². The number of quaternary nitrogens is 1. The van der Waals surface area contributed by atoms with Crippen LogP contribution in [0.4, 0.5) is 0 Å². The molecule has 0 aromatic heterocycles. The summed E-state index contributed by atoms with van der Waals surface area (Å²) in [5, 5.41) is 14.0. The summed E-state index contributed by atoms with van der Waals surface area (Å²) in [7, 11) is 1.26. The predicted molar refractivity (Wildman–Crippen MR) is 352 cm³/mol. The number of hydrogen-bond donors (Lipinski definition) is 2. The van der Waals surface area contributed by atoms with Gasteiger partial charge in [0.1, 0.15) is 13.2 Å². The Labute approximate surface area is 501 Å². The number of hydrogen-bond acceptors (Lipinski definition) is 6. The minimum Gasteiger partial charge on any atom is -0.756 e. The Morgan fingerprint density at radius 3 is 1.05 bits per heavy atom. The van der Waals surface area contributed by atoms with Crippen LogP contribution in [0.5, 0.6) is 0 Å². The molecule has 0 aromatic carbocycles. The first-order chi connectivity index (χ1) is 39.5. The first-order valence-corrected chi connectivity index (χ1v) is 35.2. The summed E-state index contributed by atoms with van der Waals surface area (Å²) in [6, 6.07) is -0.842. The molecule has 1 amide bonds. The van der Waals surface area contributed by atoms with E-state index >= 15 is 0 Å². The smallest absolute Gasteiger partial charge is 0.268 e. The van der Waals surface area contributed by atoms with Gasteiger partial charge in [0.15, 0.2) is 0 Å². The second-order valence-corrected chi connectivity index (χ2v) is 25.2. The van der Waals surface area contributed by atoms with Crippen molar-refractivity contribution in [3.63, 3.8) is 0 Å². The Bertz CT molecular complexity index is 1690. The summed E-state index contributed by atoms with van der Waals surface area (Å²) in [6.45, 7) is 4.58. The molecule has 0 spiro atoms. The monoisotopic (exact) mass is 1150 g/mol. The number of phosphoric ester groups is 1. The Hall–Kier alpha value is -2.84. The van der Waals surface area contributed by atoms with Gasteiger partial charge in [-0.1, -0.05) is 316 Å². The lowest BCUT2D eigenvalue weighted by Crippen LogP contribution is -2.46. The number of carbonyl (C=O) groups excluding carboxylic acids is 1. The van der Waals surface area contributed by atoms with E-state index in [0.29, 0.717) is 23.9 Å². The van der Waals surface area contributed by atoms with Crippen molar-refractivity contribution >= 4 is 13.7 Å². The molecule has 0 bridgehead atoms. The van der Waals surface area contributed by atoms with Gasteiger partial charge in [-0.15, -0.1) is 0 Å². The van der Waals surface area contributed by atoms with Crippen LogP contribution in [0.2, 0.25) is 0 Å². The maximum atomic E-state index is 13.0. The van der Waals surface area contributed by atoms with E-state index in [1.165, 1.54) is 173 Å². The molecule has 2 N–H and O–H groups in total. The van der Waals surface area contributed by atoms with Crippen LogP contribution >= 0.6 is 7.82 Å². The van der Waals surface area contributed by atoms with Gasteiger partial charge < -0.3 is 28.8 Å². The Morgan fingerprint density at radius 1 is 0.444 bits per heavy atom. The van der Waals surface area contributed by atoms with E-state index in [2.05, 4.69) is 129 Å². The standard InChI is InChI=1S/C72H129N2O6P/c1-6-8-10-12-14-16-18-20-22-24-26-28-30-32-34-36-38-39-41-43-45-47-49-51-53-55-57-59-61-63-65-71(75)70(69-80-81(77,78)79-68-67-74(3,4)5)73-72(76)66-64-62-60-58-56-54-52-50-48-46-44-42-40-37-35-33-31-29-27-25-23-21-19-17-15-13-11-9-7-2/h9,11,15,17,21,23,27,29,33,35,40,42,46,48,52,54,58,60,70-71,75H,6-8,10,12-14,16,18-20,22,24-26,28,30-32,34,36-39,41,43-45,47,49-51,53,55-57,59,61-69H2,1-5H3,(H-,73,76,77,78)/b11-9-,17-15-,23-21-,29-27-,35-33-,42-40-,48-46-,54-52-,60-58-. The summed E-state index contributed by atoms with van der Waals surface area (Å²) in [5.74, 6) is -0.223. The largest absolute Gasteiger partial charge is 0.756 e. The van der Waals surface area contributed by atoms with Crippen LogP contribution in [0.15, 0.2) is 109 Å². The molecule has 0 saturated carbocycles. The van der Waals surface area contributed by atoms with E-state index in [4.69, 9.17) is 9.05 Å². The molecule has 9 heteroatoms. The summed E-state index contributed by atoms with van der Waals surface area (Å²) >= 11 is 0. The fourth-order valence-corrected chi connectivity index (χ4v) is 10.3. The first kappa shape index (κ1) is 78.2. The van der Waals surface area contributed by atoms with Gasteiger partial charge in [-0.05, 0) is 77.0 Å². The van der Waals surface area contributed by atoms with Crippen LogP contribution in [0.3, 0.4) is 0 Å². The molecule has 0 aliphatic carbocycles. The van der Waals surface area contributed by atoms with Crippen molar-refractivity contribution in [3.05, 3.63) is 109 Å². The molecule has 0 saturated heterocycles. The van der Waals surface area contributed by atoms with Crippen LogP contribution in [-0.4, -0.2) is 68.5 Å². The Morgan fingerprint density at radius 2 is 0.741 bits per heavy atom. The number of likely N-dealkylation sites (N-methyl/N-ethyl adjacent to an activating group) is 1. The van der Waals surface area contributed by atoms with Crippen molar-refractivity contribution in [2.75, 3.05) is 40.9 Å². The zero-order valence-corrected chi connectivity index (χ0v) is 54.4. The number of rotatable bonds is 61. The van der Waals surface area contributed by atoms with Gasteiger partial charge in [-0.2, -0.15) is 0 Å². The third-order valence-electron chi connectivity index (χ3n) is 14.8. The third-order valence-corrected chi connectivity index (χ3v) is 15.7. The molecule has 81 heavy (non-hydrogen) atoms. The van der Waals surface area contributed by atoms with Crippen LogP contribution in [-0.2, 0) is 18.4 Å². The highest BCUT2D eigenvalue weighted by Crippen LogP contribution is 2.38. The van der Waals surface area contributed by atoms with Gasteiger partial charge >= 0.3 is 0 Å². The summed E-state index contributed by atoms with van der Waals surface area (Å²) in [5.41, 5.74) is 0. The van der Waals surface area contributed by atoms with E-state index in [0.717, 1.165) is 83.5 Å². The van der Waals surface area contributed by atoms with Gasteiger partial charge in [0.2, 0.25) is 5.91 Å². The van der Waals surface area contributed by atoms with Crippen LogP contribution in [0.25, 0.3) is 0 Å². The molecular formula is C72H129N2O6P. The van der Waals surface area contributed by atoms with E-state index in [-0.39, 0.29) is 25.5 Å². The molecule has 0 heterocycles. The number of phosphoric acid groups is 1. The lowest BCUT2D eigenvalue weighted by atomic mass is 10.0. The fourth-order valence-electron chi connectivity index (χ4n) is 9.57. The van der Waals surface area contributed by atoms with Gasteiger partial charge in [0, 0.05) is 6.42 Å². The van der Waals surface area contributed by atoms with Crippen molar-refractivity contribution in [1.82, 2.24) is 5.32 Å². The van der Waals surface area contributed by atoms with Gasteiger partial charge in [0.25, 0.3) is 7.82 Å². The molecule has 0 aromatic rings. The highest BCUT2D eigenvalue weighted by Gasteiger charge is 2.24. The normalized spacial score (nSPS) is 14.4. The Balaban J connectivity index is 4.20. The topological polar surface area (TPSA) is 108 Å². The highest BCUT2D eigenvalue weighted by atomic mass is 31.2. The van der Waals surface area contributed by atoms with Crippen LogP contribution in [0.1, 0.15) is 290 Å². The number of aliphatic hydroxyl groups excluding tert-OH is 1. The van der Waals surface area contributed by atoms with Crippen molar-refractivity contribution in [3.8, 4) is 0 Å². The second-order valence-electron chi connectivity index (χ2n) is 23.8. The predicted octanol–water partition coefficient (Wildman–Crippen LogP) is 20.9. The summed E-state index contributed by atoms with van der Waals surface area (Å²) in [4.78, 5) is 25.6. The van der Waals surface area contributed by atoms with E-state index in [1.54, 1.807) is 0 Å². The second kappa shape index (κ2) is 61.7. The molecule has 0 fully saturated rings. The minimum atomic E-state index is -4.60. The van der Waals surface area contributed by atoms with E-state index < -0.39 is 20.0 Å². The lowest BCUT2D eigenvalue weighted by molar-refractivity contribution is -0.870. The third kappa shape index (κ3) is 64.6. The highest BCUT2D eigenvalue weighted by molar-refractivity contribution is 7.45. The number of nitrogens with one attached hydrogen (secondary N) is 1. The lowest BCUT2D eigenvalue weighted by Gasteiger charge is -2.30. The maximum Gasteiger partial charge on any atom is 0.268 e. The molecule has 0 aliphatic rings. The van der Waals surface area contributed by atoms with Gasteiger partial charge in [0.05, 0.1) is 39.9 Å². The number of aliphatic hydroxyl groups is 1. The molecule has 0 radical (unpaired) electrons. The zero-order chi connectivity index (χ0) is 59.1. The van der Waals surface area contributed by atoms with E-state index in [1.807, 2.05) is 21.1 Å². The quantitative estimate of drug-likeness (QED) is 0.0272.